The average molecular weight is 260 g/mol. The van der Waals surface area contributed by atoms with Crippen molar-refractivity contribution < 1.29 is 5.11 Å². The monoisotopic (exact) mass is 260 g/mol. The number of hydrogen-bond donors (Lipinski definition) is 2. The fraction of sp³-hybridized carbons (Fsp3) is 0.286. The molecule has 0 aliphatic carbocycles. The second-order valence-electron chi connectivity index (χ2n) is 4.74. The van der Waals surface area contributed by atoms with Crippen LogP contribution in [0, 0.1) is 6.92 Å². The number of hydrogen-bond acceptors (Lipinski definition) is 3. The highest BCUT2D eigenvalue weighted by atomic mass is 16.3. The van der Waals surface area contributed by atoms with Gasteiger partial charge < -0.3 is 5.11 Å². The Kier molecular flexibility index (Phi) is 3.29. The maximum absolute atomic E-state index is 12.0. The lowest BCUT2D eigenvalue weighted by atomic mass is 10.0. The molecule has 2 N–H and O–H groups in total. The van der Waals surface area contributed by atoms with E-state index in [4.69, 9.17) is 0 Å². The highest BCUT2D eigenvalue weighted by Crippen LogP contribution is 2.28. The first-order chi connectivity index (χ1) is 8.93. The molecule has 0 saturated heterocycles. The number of aromatic nitrogens is 2. The van der Waals surface area contributed by atoms with Gasteiger partial charge in [0, 0.05) is 6.04 Å². The van der Waals surface area contributed by atoms with Gasteiger partial charge in [-0.15, -0.1) is 0 Å². The highest BCUT2D eigenvalue weighted by Gasteiger charge is 2.18. The van der Waals surface area contributed by atoms with Crippen LogP contribution in [0.1, 0.15) is 25.5 Å². The Bertz CT molecular complexity index is 726. The van der Waals surface area contributed by atoms with E-state index in [1.54, 1.807) is 26.0 Å². The van der Waals surface area contributed by atoms with Crippen LogP contribution in [0.25, 0.3) is 11.1 Å². The van der Waals surface area contributed by atoms with Gasteiger partial charge in [-0.3, -0.25) is 14.3 Å². The van der Waals surface area contributed by atoms with Gasteiger partial charge in [0.15, 0.2) is 0 Å². The second kappa shape index (κ2) is 4.76. The molecule has 0 aliphatic heterocycles. The van der Waals surface area contributed by atoms with Gasteiger partial charge in [0.1, 0.15) is 5.56 Å². The predicted octanol–water partition coefficient (Wildman–Crippen LogP) is 1.80. The summed E-state index contributed by atoms with van der Waals surface area (Å²) in [5, 5.41) is 10.2. The summed E-state index contributed by atoms with van der Waals surface area (Å²) < 4.78 is 1.17. The number of aromatic amines is 1. The smallest absolute Gasteiger partial charge is 0.331 e. The first-order valence-electron chi connectivity index (χ1n) is 6.07. The Morgan fingerprint density at radius 3 is 2.42 bits per heavy atom. The predicted molar refractivity (Wildman–Crippen MR) is 73.5 cm³/mol. The zero-order valence-corrected chi connectivity index (χ0v) is 11.1. The summed E-state index contributed by atoms with van der Waals surface area (Å²) in [5.41, 5.74) is 0.433. The van der Waals surface area contributed by atoms with E-state index in [9.17, 15) is 14.7 Å². The molecule has 0 atom stereocenters. The van der Waals surface area contributed by atoms with E-state index in [-0.39, 0.29) is 17.5 Å². The third kappa shape index (κ3) is 2.19. The minimum Gasteiger partial charge on any atom is -0.494 e. The lowest BCUT2D eigenvalue weighted by Gasteiger charge is -2.15. The molecule has 0 aliphatic rings. The van der Waals surface area contributed by atoms with E-state index in [1.807, 2.05) is 19.1 Å². The number of H-pyrrole nitrogens is 1. The van der Waals surface area contributed by atoms with E-state index in [0.717, 1.165) is 5.56 Å². The Balaban J connectivity index is 2.86. The maximum Gasteiger partial charge on any atom is 0.331 e. The van der Waals surface area contributed by atoms with Gasteiger partial charge in [0.25, 0.3) is 5.56 Å². The van der Waals surface area contributed by atoms with Crippen LogP contribution in [0.3, 0.4) is 0 Å². The van der Waals surface area contributed by atoms with Gasteiger partial charge in [0.05, 0.1) is 0 Å². The molecule has 2 aromatic rings. The third-order valence-corrected chi connectivity index (χ3v) is 3.05. The number of rotatable bonds is 2. The molecule has 0 unspecified atom stereocenters. The van der Waals surface area contributed by atoms with Crippen molar-refractivity contribution in [2.24, 2.45) is 0 Å². The van der Waals surface area contributed by atoms with E-state index in [1.165, 1.54) is 4.57 Å². The molecule has 1 aromatic heterocycles. The molecule has 100 valence electrons. The van der Waals surface area contributed by atoms with Gasteiger partial charge >= 0.3 is 5.69 Å². The quantitative estimate of drug-likeness (QED) is 0.864. The lowest BCUT2D eigenvalue weighted by Crippen LogP contribution is -2.32. The molecule has 19 heavy (non-hydrogen) atoms. The number of aromatic hydroxyl groups is 1. The fourth-order valence-corrected chi connectivity index (χ4v) is 2.11. The van der Waals surface area contributed by atoms with Crippen molar-refractivity contribution in [3.63, 3.8) is 0 Å². The molecular formula is C14H16N2O3. The van der Waals surface area contributed by atoms with Crippen LogP contribution >= 0.6 is 0 Å². The minimum atomic E-state index is -0.602. The first-order valence-corrected chi connectivity index (χ1v) is 6.07. The van der Waals surface area contributed by atoms with Crippen LogP contribution in [0.5, 0.6) is 5.88 Å². The van der Waals surface area contributed by atoms with Gasteiger partial charge in [0.2, 0.25) is 5.88 Å². The van der Waals surface area contributed by atoms with Crippen LogP contribution in [-0.4, -0.2) is 14.7 Å². The Morgan fingerprint density at radius 1 is 1.21 bits per heavy atom. The van der Waals surface area contributed by atoms with Crippen LogP contribution < -0.4 is 11.2 Å². The van der Waals surface area contributed by atoms with Gasteiger partial charge in [-0.05, 0) is 31.9 Å². The van der Waals surface area contributed by atoms with Crippen molar-refractivity contribution in [2.75, 3.05) is 0 Å². The summed E-state index contributed by atoms with van der Waals surface area (Å²) in [4.78, 5) is 25.9. The topological polar surface area (TPSA) is 75.1 Å². The zero-order chi connectivity index (χ0) is 14.2. The largest absolute Gasteiger partial charge is 0.494 e. The molecule has 0 saturated carbocycles. The van der Waals surface area contributed by atoms with E-state index >= 15 is 0 Å². The van der Waals surface area contributed by atoms with E-state index in [2.05, 4.69) is 4.98 Å². The molecule has 2 rings (SSSR count). The molecule has 0 bridgehead atoms. The number of benzene rings is 1. The van der Waals surface area contributed by atoms with Crippen molar-refractivity contribution in [3.05, 3.63) is 50.7 Å². The van der Waals surface area contributed by atoms with Crippen LogP contribution in [0.2, 0.25) is 0 Å². The summed E-state index contributed by atoms with van der Waals surface area (Å²) in [6.45, 7) is 5.38. The maximum atomic E-state index is 12.0. The van der Waals surface area contributed by atoms with Gasteiger partial charge in [-0.25, -0.2) is 4.79 Å². The standard InChI is InChI=1S/C14H16N2O3/c1-8(2)16-13(18)11(12(17)15-14(16)19)10-7-5-4-6-9(10)3/h4-8,18H,1-3H3,(H,15,17,19). The number of nitrogens with zero attached hydrogens (tertiary/aromatic N) is 1. The van der Waals surface area contributed by atoms with Crippen LogP contribution in [-0.2, 0) is 0 Å². The summed E-state index contributed by atoms with van der Waals surface area (Å²) in [6.07, 6.45) is 0. The fourth-order valence-electron chi connectivity index (χ4n) is 2.11. The SMILES string of the molecule is Cc1ccccc1-c1c(O)n(C(C)C)c(=O)[nH]c1=O. The molecule has 0 radical (unpaired) electrons. The molecule has 0 spiro atoms. The molecule has 5 nitrogen and oxygen atoms in total. The molecule has 1 aromatic carbocycles. The summed E-state index contributed by atoms with van der Waals surface area (Å²) in [5.74, 6) is -0.293. The number of nitrogens with one attached hydrogen (secondary N) is 1. The third-order valence-electron chi connectivity index (χ3n) is 3.05. The Hall–Kier alpha value is -2.30. The van der Waals surface area contributed by atoms with Crippen LogP contribution in [0.15, 0.2) is 33.9 Å². The van der Waals surface area contributed by atoms with Crippen molar-refractivity contribution in [1.82, 2.24) is 9.55 Å². The first kappa shape index (κ1) is 13.1. The molecule has 0 amide bonds. The molecule has 5 heteroatoms. The second-order valence-corrected chi connectivity index (χ2v) is 4.74. The average Bonchev–Trinajstić information content (AvgIpc) is 2.30. The summed E-state index contributed by atoms with van der Waals surface area (Å²) in [7, 11) is 0. The minimum absolute atomic E-state index is 0.131. The Morgan fingerprint density at radius 2 is 1.84 bits per heavy atom. The van der Waals surface area contributed by atoms with Crippen molar-refractivity contribution in [1.29, 1.82) is 0 Å². The Labute approximate surface area is 110 Å². The zero-order valence-electron chi connectivity index (χ0n) is 11.1. The van der Waals surface area contributed by atoms with E-state index < -0.39 is 11.2 Å². The highest BCUT2D eigenvalue weighted by molar-refractivity contribution is 5.70. The lowest BCUT2D eigenvalue weighted by molar-refractivity contribution is 0.384. The molecular weight excluding hydrogens is 244 g/mol. The van der Waals surface area contributed by atoms with Crippen molar-refractivity contribution >= 4 is 0 Å². The molecule has 1 heterocycles. The summed E-state index contributed by atoms with van der Waals surface area (Å²) in [6, 6.07) is 6.98. The van der Waals surface area contributed by atoms with Crippen molar-refractivity contribution in [3.8, 4) is 17.0 Å². The van der Waals surface area contributed by atoms with Crippen LogP contribution in [0.4, 0.5) is 0 Å². The van der Waals surface area contributed by atoms with Crippen molar-refractivity contribution in [2.45, 2.75) is 26.8 Å². The van der Waals surface area contributed by atoms with E-state index in [0.29, 0.717) is 5.56 Å². The van der Waals surface area contributed by atoms with Gasteiger partial charge in [-0.1, -0.05) is 24.3 Å². The number of aryl methyl sites for hydroxylation is 1. The van der Waals surface area contributed by atoms with Gasteiger partial charge in [-0.2, -0.15) is 0 Å². The normalized spacial score (nSPS) is 10.9. The summed E-state index contributed by atoms with van der Waals surface area (Å²) >= 11 is 0. The molecule has 0 fully saturated rings.